The molecule has 118 valence electrons. The fraction of sp³-hybridized carbons (Fsp3) is 0.250. The maximum atomic E-state index is 13.2. The second-order valence-corrected chi connectivity index (χ2v) is 5.57. The average Bonchev–Trinajstić information content (AvgIpc) is 3.16. The van der Waals surface area contributed by atoms with Gasteiger partial charge in [-0.3, -0.25) is 4.90 Å². The molecule has 3 aromatic rings. The van der Waals surface area contributed by atoms with E-state index in [0.717, 1.165) is 24.7 Å². The van der Waals surface area contributed by atoms with E-state index in [1.54, 1.807) is 24.5 Å². The van der Waals surface area contributed by atoms with E-state index >= 15 is 0 Å². The number of furan rings is 1. The van der Waals surface area contributed by atoms with Gasteiger partial charge in [0.05, 0.1) is 12.2 Å². The Bertz CT molecular complexity index is 811. The molecule has 0 unspecified atom stereocenters. The SMILES string of the molecule is Fc1ccc(CN2CC(c3nc(-c4ccco4)no3)C2)cc1F. The minimum absolute atomic E-state index is 0.150. The van der Waals surface area contributed by atoms with Gasteiger partial charge >= 0.3 is 0 Å². The van der Waals surface area contributed by atoms with Crippen molar-refractivity contribution in [3.8, 4) is 11.6 Å². The lowest BCUT2D eigenvalue weighted by Gasteiger charge is -2.37. The summed E-state index contributed by atoms with van der Waals surface area (Å²) in [5, 5.41) is 3.90. The number of nitrogens with zero attached hydrogens (tertiary/aromatic N) is 3. The minimum Gasteiger partial charge on any atom is -0.461 e. The van der Waals surface area contributed by atoms with Gasteiger partial charge in [0.15, 0.2) is 17.4 Å². The summed E-state index contributed by atoms with van der Waals surface area (Å²) in [6.45, 7) is 2.03. The highest BCUT2D eigenvalue weighted by Crippen LogP contribution is 2.29. The first-order valence-corrected chi connectivity index (χ1v) is 7.23. The summed E-state index contributed by atoms with van der Waals surface area (Å²) >= 11 is 0. The maximum absolute atomic E-state index is 13.2. The molecule has 0 atom stereocenters. The molecular formula is C16H13F2N3O2. The first-order valence-electron chi connectivity index (χ1n) is 7.23. The second-order valence-electron chi connectivity index (χ2n) is 5.57. The topological polar surface area (TPSA) is 55.3 Å². The van der Waals surface area contributed by atoms with Gasteiger partial charge in [-0.15, -0.1) is 0 Å². The highest BCUT2D eigenvalue weighted by Gasteiger charge is 2.32. The lowest BCUT2D eigenvalue weighted by molar-refractivity contribution is 0.117. The maximum Gasteiger partial charge on any atom is 0.238 e. The molecule has 1 saturated heterocycles. The first-order chi connectivity index (χ1) is 11.2. The van der Waals surface area contributed by atoms with Gasteiger partial charge in [-0.2, -0.15) is 4.98 Å². The lowest BCUT2D eigenvalue weighted by Crippen LogP contribution is -2.44. The molecule has 1 aromatic carbocycles. The van der Waals surface area contributed by atoms with Crippen molar-refractivity contribution in [3.63, 3.8) is 0 Å². The van der Waals surface area contributed by atoms with Crippen LogP contribution in [0.25, 0.3) is 11.6 Å². The molecule has 0 bridgehead atoms. The van der Waals surface area contributed by atoms with Crippen molar-refractivity contribution < 1.29 is 17.7 Å². The number of benzene rings is 1. The van der Waals surface area contributed by atoms with Crippen molar-refractivity contribution in [2.75, 3.05) is 13.1 Å². The molecule has 0 spiro atoms. The van der Waals surface area contributed by atoms with Crippen LogP contribution in [-0.4, -0.2) is 28.1 Å². The van der Waals surface area contributed by atoms with Crippen LogP contribution in [0, 0.1) is 11.6 Å². The molecule has 3 heterocycles. The van der Waals surface area contributed by atoms with Crippen LogP contribution in [0.3, 0.4) is 0 Å². The standard InChI is InChI=1S/C16H13F2N3O2/c17-12-4-3-10(6-13(12)18)7-21-8-11(9-21)16-19-15(20-23-16)14-2-1-5-22-14/h1-6,11H,7-9H2. The Morgan fingerprint density at radius 3 is 2.78 bits per heavy atom. The van der Waals surface area contributed by atoms with Crippen LogP contribution in [-0.2, 0) is 6.54 Å². The number of hydrogen-bond donors (Lipinski definition) is 0. The predicted octanol–water partition coefficient (Wildman–Crippen LogP) is 3.21. The number of hydrogen-bond acceptors (Lipinski definition) is 5. The van der Waals surface area contributed by atoms with Crippen molar-refractivity contribution in [2.24, 2.45) is 0 Å². The summed E-state index contributed by atoms with van der Waals surface area (Å²) in [7, 11) is 0. The summed E-state index contributed by atoms with van der Waals surface area (Å²) < 4.78 is 36.6. The highest BCUT2D eigenvalue weighted by atomic mass is 19.2. The van der Waals surface area contributed by atoms with Crippen LogP contribution < -0.4 is 0 Å². The fourth-order valence-electron chi connectivity index (χ4n) is 2.66. The molecule has 0 amide bonds. The molecule has 1 aliphatic heterocycles. The summed E-state index contributed by atoms with van der Waals surface area (Å²) in [4.78, 5) is 6.44. The molecule has 23 heavy (non-hydrogen) atoms. The van der Waals surface area contributed by atoms with Gasteiger partial charge in [0, 0.05) is 19.6 Å². The summed E-state index contributed by atoms with van der Waals surface area (Å²) in [6, 6.07) is 7.50. The van der Waals surface area contributed by atoms with Crippen molar-refractivity contribution in [1.29, 1.82) is 0 Å². The van der Waals surface area contributed by atoms with Gasteiger partial charge in [-0.25, -0.2) is 8.78 Å². The second kappa shape index (κ2) is 5.58. The Labute approximate surface area is 130 Å². The van der Waals surface area contributed by atoms with Crippen molar-refractivity contribution >= 4 is 0 Å². The minimum atomic E-state index is -0.827. The Morgan fingerprint density at radius 2 is 2.04 bits per heavy atom. The van der Waals surface area contributed by atoms with Gasteiger partial charge in [0.2, 0.25) is 11.7 Å². The zero-order valence-corrected chi connectivity index (χ0v) is 12.1. The number of aromatic nitrogens is 2. The zero-order chi connectivity index (χ0) is 15.8. The number of likely N-dealkylation sites (tertiary alicyclic amines) is 1. The third-order valence-electron chi connectivity index (χ3n) is 3.88. The van der Waals surface area contributed by atoms with E-state index in [2.05, 4.69) is 15.0 Å². The predicted molar refractivity (Wildman–Crippen MR) is 76.4 cm³/mol. The summed E-state index contributed by atoms with van der Waals surface area (Å²) in [6.07, 6.45) is 1.55. The van der Waals surface area contributed by atoms with Crippen molar-refractivity contribution in [2.45, 2.75) is 12.5 Å². The normalized spacial score (nSPS) is 15.7. The smallest absolute Gasteiger partial charge is 0.238 e. The van der Waals surface area contributed by atoms with Crippen LogP contribution in [0.1, 0.15) is 17.4 Å². The van der Waals surface area contributed by atoms with Crippen LogP contribution in [0.2, 0.25) is 0 Å². The number of halogens is 2. The molecule has 0 saturated carbocycles. The Balaban J connectivity index is 1.37. The van der Waals surface area contributed by atoms with Crippen LogP contribution in [0.5, 0.6) is 0 Å². The van der Waals surface area contributed by atoms with E-state index in [0.29, 0.717) is 24.0 Å². The zero-order valence-electron chi connectivity index (χ0n) is 12.1. The van der Waals surface area contributed by atoms with E-state index < -0.39 is 11.6 Å². The molecule has 0 N–H and O–H groups in total. The Kier molecular flexibility index (Phi) is 3.42. The molecule has 1 aliphatic rings. The van der Waals surface area contributed by atoms with E-state index in [9.17, 15) is 8.78 Å². The van der Waals surface area contributed by atoms with Crippen LogP contribution >= 0.6 is 0 Å². The Morgan fingerprint density at radius 1 is 1.17 bits per heavy atom. The molecule has 5 nitrogen and oxygen atoms in total. The molecule has 7 heteroatoms. The largest absolute Gasteiger partial charge is 0.461 e. The molecule has 2 aromatic heterocycles. The fourth-order valence-corrected chi connectivity index (χ4v) is 2.66. The third-order valence-corrected chi connectivity index (χ3v) is 3.88. The third kappa shape index (κ3) is 2.75. The van der Waals surface area contributed by atoms with Gasteiger partial charge in [0.1, 0.15) is 0 Å². The van der Waals surface area contributed by atoms with Crippen molar-refractivity contribution in [3.05, 3.63) is 59.7 Å². The van der Waals surface area contributed by atoms with E-state index in [1.165, 1.54) is 6.07 Å². The van der Waals surface area contributed by atoms with Gasteiger partial charge in [-0.05, 0) is 29.8 Å². The quantitative estimate of drug-likeness (QED) is 0.739. The van der Waals surface area contributed by atoms with Crippen LogP contribution in [0.4, 0.5) is 8.78 Å². The highest BCUT2D eigenvalue weighted by molar-refractivity contribution is 5.44. The summed E-state index contributed by atoms with van der Waals surface area (Å²) in [5.74, 6) is 0.0718. The molecule has 1 fully saturated rings. The molecular weight excluding hydrogens is 304 g/mol. The molecule has 4 rings (SSSR count). The van der Waals surface area contributed by atoms with Gasteiger partial charge in [-0.1, -0.05) is 11.2 Å². The van der Waals surface area contributed by atoms with E-state index in [-0.39, 0.29) is 5.92 Å². The molecule has 0 aliphatic carbocycles. The first kappa shape index (κ1) is 14.1. The van der Waals surface area contributed by atoms with Gasteiger partial charge in [0.25, 0.3) is 0 Å². The van der Waals surface area contributed by atoms with Gasteiger partial charge < -0.3 is 8.94 Å². The van der Waals surface area contributed by atoms with Crippen molar-refractivity contribution in [1.82, 2.24) is 15.0 Å². The summed E-state index contributed by atoms with van der Waals surface area (Å²) in [5.41, 5.74) is 0.740. The Hall–Kier alpha value is -2.54. The molecule has 0 radical (unpaired) electrons. The average molecular weight is 317 g/mol. The van der Waals surface area contributed by atoms with Crippen LogP contribution in [0.15, 0.2) is 45.5 Å². The van der Waals surface area contributed by atoms with E-state index in [4.69, 9.17) is 8.94 Å². The van der Waals surface area contributed by atoms with E-state index in [1.807, 2.05) is 0 Å². The lowest BCUT2D eigenvalue weighted by atomic mass is 9.99. The number of rotatable bonds is 4. The monoisotopic (exact) mass is 317 g/mol.